The van der Waals surface area contributed by atoms with Crippen LogP contribution in [-0.4, -0.2) is 24.6 Å². The van der Waals surface area contributed by atoms with Gasteiger partial charge in [-0.25, -0.2) is 0 Å². The van der Waals surface area contributed by atoms with E-state index in [0.29, 0.717) is 6.04 Å². The molecule has 0 radical (unpaired) electrons. The Hall–Kier alpha value is -1.09. The van der Waals surface area contributed by atoms with Gasteiger partial charge < -0.3 is 10.2 Å². The van der Waals surface area contributed by atoms with Gasteiger partial charge in [-0.05, 0) is 38.4 Å². The maximum Gasteiger partial charge on any atom is 0.0572 e. The predicted octanol–water partition coefficient (Wildman–Crippen LogP) is 2.35. The first-order valence-corrected chi connectivity index (χ1v) is 6.25. The summed E-state index contributed by atoms with van der Waals surface area (Å²) in [6.07, 6.45) is 4.64. The highest BCUT2D eigenvalue weighted by Gasteiger charge is 2.13. The predicted molar refractivity (Wildman–Crippen MR) is 67.8 cm³/mol. The smallest absolute Gasteiger partial charge is 0.0572 e. The second kappa shape index (κ2) is 5.30. The van der Waals surface area contributed by atoms with E-state index in [1.54, 1.807) is 0 Å². The van der Waals surface area contributed by atoms with E-state index in [-0.39, 0.29) is 0 Å². The van der Waals surface area contributed by atoms with Crippen LogP contribution in [0.15, 0.2) is 18.3 Å². The number of rotatable bonds is 4. The third-order valence-electron chi connectivity index (χ3n) is 3.20. The molecular formula is C13H21N3. The molecule has 0 aromatic carbocycles. The molecule has 1 aromatic rings. The number of nitrogens with one attached hydrogen (secondary N) is 1. The highest BCUT2D eigenvalue weighted by molar-refractivity contribution is 5.45. The van der Waals surface area contributed by atoms with Gasteiger partial charge in [0.1, 0.15) is 0 Å². The van der Waals surface area contributed by atoms with Gasteiger partial charge >= 0.3 is 0 Å². The van der Waals surface area contributed by atoms with Crippen molar-refractivity contribution in [1.82, 2.24) is 10.3 Å². The number of pyridine rings is 1. The van der Waals surface area contributed by atoms with Gasteiger partial charge in [-0.1, -0.05) is 6.92 Å². The zero-order chi connectivity index (χ0) is 11.4. The summed E-state index contributed by atoms with van der Waals surface area (Å²) in [6.45, 7) is 7.63. The average molecular weight is 219 g/mol. The molecular weight excluding hydrogens is 198 g/mol. The lowest BCUT2D eigenvalue weighted by atomic mass is 10.2. The molecule has 0 aliphatic carbocycles. The Kier molecular flexibility index (Phi) is 3.78. The van der Waals surface area contributed by atoms with Crippen molar-refractivity contribution >= 4 is 5.69 Å². The maximum atomic E-state index is 4.54. The van der Waals surface area contributed by atoms with Gasteiger partial charge in [0.15, 0.2) is 0 Å². The first-order valence-electron chi connectivity index (χ1n) is 6.25. The SMILES string of the molecule is CCNC(C)c1ccc(N2CCCC2)cn1. The summed E-state index contributed by atoms with van der Waals surface area (Å²) in [4.78, 5) is 6.95. The molecule has 1 N–H and O–H groups in total. The number of aromatic nitrogens is 1. The van der Waals surface area contributed by atoms with Gasteiger partial charge in [0.05, 0.1) is 17.6 Å². The lowest BCUT2D eigenvalue weighted by Gasteiger charge is -2.18. The molecule has 1 saturated heterocycles. The topological polar surface area (TPSA) is 28.2 Å². The summed E-state index contributed by atoms with van der Waals surface area (Å²) in [7, 11) is 0. The molecule has 1 atom stereocenters. The van der Waals surface area contributed by atoms with Crippen LogP contribution in [-0.2, 0) is 0 Å². The van der Waals surface area contributed by atoms with Crippen molar-refractivity contribution in [1.29, 1.82) is 0 Å². The Bertz CT molecular complexity index is 314. The Morgan fingerprint density at radius 2 is 2.12 bits per heavy atom. The van der Waals surface area contributed by atoms with E-state index >= 15 is 0 Å². The van der Waals surface area contributed by atoms with E-state index in [1.807, 2.05) is 6.20 Å². The lowest BCUT2D eigenvalue weighted by Crippen LogP contribution is -2.20. The molecule has 0 saturated carbocycles. The molecule has 2 heterocycles. The van der Waals surface area contributed by atoms with Crippen LogP contribution in [0.25, 0.3) is 0 Å². The number of hydrogen-bond acceptors (Lipinski definition) is 3. The van der Waals surface area contributed by atoms with Gasteiger partial charge in [0.25, 0.3) is 0 Å². The van der Waals surface area contributed by atoms with Crippen LogP contribution < -0.4 is 10.2 Å². The van der Waals surface area contributed by atoms with Gasteiger partial charge in [-0.2, -0.15) is 0 Å². The minimum absolute atomic E-state index is 0.345. The number of hydrogen-bond donors (Lipinski definition) is 1. The molecule has 1 unspecified atom stereocenters. The summed E-state index contributed by atoms with van der Waals surface area (Å²) in [6, 6.07) is 4.68. The lowest BCUT2D eigenvalue weighted by molar-refractivity contribution is 0.583. The highest BCUT2D eigenvalue weighted by Crippen LogP contribution is 2.20. The molecule has 0 spiro atoms. The molecule has 88 valence electrons. The molecule has 1 fully saturated rings. The van der Waals surface area contributed by atoms with Crippen LogP contribution in [0.2, 0.25) is 0 Å². The second-order valence-electron chi connectivity index (χ2n) is 4.41. The van der Waals surface area contributed by atoms with E-state index in [4.69, 9.17) is 0 Å². The van der Waals surface area contributed by atoms with Crippen molar-refractivity contribution in [3.8, 4) is 0 Å². The molecule has 3 nitrogen and oxygen atoms in total. The third-order valence-corrected chi connectivity index (χ3v) is 3.20. The van der Waals surface area contributed by atoms with E-state index < -0.39 is 0 Å². The molecule has 0 bridgehead atoms. The first-order chi connectivity index (χ1) is 7.81. The minimum atomic E-state index is 0.345. The van der Waals surface area contributed by atoms with Gasteiger partial charge in [-0.3, -0.25) is 4.98 Å². The van der Waals surface area contributed by atoms with E-state index in [1.165, 1.54) is 31.6 Å². The van der Waals surface area contributed by atoms with Gasteiger partial charge in [0, 0.05) is 19.1 Å². The largest absolute Gasteiger partial charge is 0.370 e. The fourth-order valence-electron chi connectivity index (χ4n) is 2.23. The van der Waals surface area contributed by atoms with Crippen molar-refractivity contribution in [3.05, 3.63) is 24.0 Å². The minimum Gasteiger partial charge on any atom is -0.370 e. The highest BCUT2D eigenvalue weighted by atomic mass is 15.1. The van der Waals surface area contributed by atoms with Crippen molar-refractivity contribution in [2.45, 2.75) is 32.7 Å². The van der Waals surface area contributed by atoms with Crippen LogP contribution >= 0.6 is 0 Å². The Balaban J connectivity index is 2.03. The summed E-state index contributed by atoms with van der Waals surface area (Å²) in [5, 5.41) is 3.37. The zero-order valence-electron chi connectivity index (χ0n) is 10.2. The maximum absolute atomic E-state index is 4.54. The zero-order valence-corrected chi connectivity index (χ0v) is 10.2. The van der Waals surface area contributed by atoms with E-state index in [0.717, 1.165) is 12.2 Å². The monoisotopic (exact) mass is 219 g/mol. The Morgan fingerprint density at radius 3 is 2.69 bits per heavy atom. The summed E-state index contributed by atoms with van der Waals surface area (Å²) < 4.78 is 0. The first kappa shape index (κ1) is 11.4. The molecule has 0 amide bonds. The van der Waals surface area contributed by atoms with E-state index in [2.05, 4.69) is 41.2 Å². The average Bonchev–Trinajstić information content (AvgIpc) is 2.83. The third kappa shape index (κ3) is 2.53. The second-order valence-corrected chi connectivity index (χ2v) is 4.41. The standard InChI is InChI=1S/C13H21N3/c1-3-14-11(2)13-7-6-12(10-15-13)16-8-4-5-9-16/h6-7,10-11,14H,3-5,8-9H2,1-2H3. The van der Waals surface area contributed by atoms with E-state index in [9.17, 15) is 0 Å². The van der Waals surface area contributed by atoms with Crippen molar-refractivity contribution in [3.63, 3.8) is 0 Å². The van der Waals surface area contributed by atoms with Crippen molar-refractivity contribution in [2.75, 3.05) is 24.5 Å². The summed E-state index contributed by atoms with van der Waals surface area (Å²) in [5.74, 6) is 0. The summed E-state index contributed by atoms with van der Waals surface area (Å²) in [5.41, 5.74) is 2.40. The number of anilines is 1. The number of nitrogens with zero attached hydrogens (tertiary/aromatic N) is 2. The van der Waals surface area contributed by atoms with Crippen LogP contribution in [0.3, 0.4) is 0 Å². The molecule has 2 rings (SSSR count). The fraction of sp³-hybridized carbons (Fsp3) is 0.615. The molecule has 16 heavy (non-hydrogen) atoms. The Morgan fingerprint density at radius 1 is 1.38 bits per heavy atom. The molecule has 1 aromatic heterocycles. The quantitative estimate of drug-likeness (QED) is 0.842. The molecule has 1 aliphatic heterocycles. The van der Waals surface area contributed by atoms with Crippen molar-refractivity contribution < 1.29 is 0 Å². The molecule has 3 heteroatoms. The van der Waals surface area contributed by atoms with Crippen LogP contribution in [0, 0.1) is 0 Å². The van der Waals surface area contributed by atoms with Gasteiger partial charge in [0.2, 0.25) is 0 Å². The normalized spacial score (nSPS) is 17.8. The summed E-state index contributed by atoms with van der Waals surface area (Å²) >= 11 is 0. The fourth-order valence-corrected chi connectivity index (χ4v) is 2.23. The van der Waals surface area contributed by atoms with Crippen molar-refractivity contribution in [2.24, 2.45) is 0 Å². The molecule has 1 aliphatic rings. The Labute approximate surface area is 97.9 Å². The van der Waals surface area contributed by atoms with Crippen LogP contribution in [0.1, 0.15) is 38.4 Å². The van der Waals surface area contributed by atoms with Crippen LogP contribution in [0.4, 0.5) is 5.69 Å². The van der Waals surface area contributed by atoms with Gasteiger partial charge in [-0.15, -0.1) is 0 Å². The van der Waals surface area contributed by atoms with Crippen LogP contribution in [0.5, 0.6) is 0 Å².